The Bertz CT molecular complexity index is 952. The van der Waals surface area contributed by atoms with E-state index >= 15 is 0 Å². The maximum atomic E-state index is 12.9. The highest BCUT2D eigenvalue weighted by Crippen LogP contribution is 2.23. The van der Waals surface area contributed by atoms with Crippen LogP contribution < -0.4 is 9.47 Å². The summed E-state index contributed by atoms with van der Waals surface area (Å²) in [6.07, 6.45) is 0. The standard InChI is InChI=1S/C22H24N2O3/c1-5-27-18-9-6-16(7-10-18)14-24(3)22(25)20-12-17-8-11-19(26-4)13-21(17)23-15(20)2/h6-13H,5,14H2,1-4H3. The van der Waals surface area contributed by atoms with Gasteiger partial charge in [-0.25, -0.2) is 0 Å². The zero-order chi connectivity index (χ0) is 19.4. The van der Waals surface area contributed by atoms with Gasteiger partial charge in [0, 0.05) is 25.0 Å². The van der Waals surface area contributed by atoms with Crippen molar-refractivity contribution in [2.45, 2.75) is 20.4 Å². The van der Waals surface area contributed by atoms with Gasteiger partial charge in [-0.1, -0.05) is 12.1 Å². The van der Waals surface area contributed by atoms with Gasteiger partial charge in [0.2, 0.25) is 0 Å². The number of ether oxygens (including phenoxy) is 2. The Morgan fingerprint density at radius 1 is 1.07 bits per heavy atom. The molecule has 1 amide bonds. The first-order valence-corrected chi connectivity index (χ1v) is 8.94. The summed E-state index contributed by atoms with van der Waals surface area (Å²) >= 11 is 0. The molecule has 1 heterocycles. The SMILES string of the molecule is CCOc1ccc(CN(C)C(=O)c2cc3ccc(OC)cc3nc2C)cc1. The minimum absolute atomic E-state index is 0.0494. The summed E-state index contributed by atoms with van der Waals surface area (Å²) < 4.78 is 10.7. The van der Waals surface area contributed by atoms with Crippen LogP contribution in [0.2, 0.25) is 0 Å². The number of pyridine rings is 1. The molecule has 5 heteroatoms. The number of carbonyl (C=O) groups excluding carboxylic acids is 1. The number of benzene rings is 2. The number of carbonyl (C=O) groups is 1. The third-order valence-corrected chi connectivity index (χ3v) is 4.45. The Morgan fingerprint density at radius 2 is 1.78 bits per heavy atom. The molecule has 2 aromatic carbocycles. The number of methoxy groups -OCH3 is 1. The predicted octanol–water partition coefficient (Wildman–Crippen LogP) is 4.22. The van der Waals surface area contributed by atoms with E-state index in [1.54, 1.807) is 19.1 Å². The molecule has 3 rings (SSSR count). The van der Waals surface area contributed by atoms with Crippen LogP contribution in [0.4, 0.5) is 0 Å². The monoisotopic (exact) mass is 364 g/mol. The molecule has 5 nitrogen and oxygen atoms in total. The van der Waals surface area contributed by atoms with Gasteiger partial charge in [0.1, 0.15) is 11.5 Å². The van der Waals surface area contributed by atoms with Crippen LogP contribution in [0.25, 0.3) is 10.9 Å². The van der Waals surface area contributed by atoms with Crippen LogP contribution in [0.5, 0.6) is 11.5 Å². The van der Waals surface area contributed by atoms with Crippen LogP contribution >= 0.6 is 0 Å². The number of aryl methyl sites for hydroxylation is 1. The third kappa shape index (κ3) is 4.19. The van der Waals surface area contributed by atoms with Crippen molar-refractivity contribution in [1.82, 2.24) is 9.88 Å². The van der Waals surface area contributed by atoms with E-state index in [9.17, 15) is 4.79 Å². The largest absolute Gasteiger partial charge is 0.497 e. The number of fused-ring (bicyclic) bond motifs is 1. The normalized spacial score (nSPS) is 10.7. The summed E-state index contributed by atoms with van der Waals surface area (Å²) in [5, 5.41) is 0.916. The molecular weight excluding hydrogens is 340 g/mol. The molecule has 0 aliphatic rings. The van der Waals surface area contributed by atoms with Crippen LogP contribution in [0.1, 0.15) is 28.5 Å². The van der Waals surface area contributed by atoms with Crippen molar-refractivity contribution in [3.63, 3.8) is 0 Å². The number of nitrogens with zero attached hydrogens (tertiary/aromatic N) is 2. The summed E-state index contributed by atoms with van der Waals surface area (Å²) in [7, 11) is 3.43. The van der Waals surface area contributed by atoms with Crippen molar-refractivity contribution in [3.8, 4) is 11.5 Å². The first-order valence-electron chi connectivity index (χ1n) is 8.94. The fourth-order valence-corrected chi connectivity index (χ4v) is 3.00. The Balaban J connectivity index is 1.80. The van der Waals surface area contributed by atoms with E-state index in [0.29, 0.717) is 24.4 Å². The van der Waals surface area contributed by atoms with E-state index in [-0.39, 0.29) is 5.91 Å². The zero-order valence-corrected chi connectivity index (χ0v) is 16.2. The van der Waals surface area contributed by atoms with Gasteiger partial charge < -0.3 is 14.4 Å². The molecule has 27 heavy (non-hydrogen) atoms. The molecule has 0 spiro atoms. The predicted molar refractivity (Wildman–Crippen MR) is 106 cm³/mol. The van der Waals surface area contributed by atoms with Crippen LogP contribution in [0.3, 0.4) is 0 Å². The van der Waals surface area contributed by atoms with Crippen LogP contribution in [-0.4, -0.2) is 36.6 Å². The Morgan fingerprint density at radius 3 is 2.44 bits per heavy atom. The molecule has 0 atom stereocenters. The first kappa shape index (κ1) is 18.7. The van der Waals surface area contributed by atoms with E-state index in [2.05, 4.69) is 4.98 Å². The van der Waals surface area contributed by atoms with Gasteiger partial charge in [-0.15, -0.1) is 0 Å². The fourth-order valence-electron chi connectivity index (χ4n) is 3.00. The molecule has 0 unspecified atom stereocenters. The first-order chi connectivity index (χ1) is 13.0. The van der Waals surface area contributed by atoms with Crippen LogP contribution in [0.15, 0.2) is 48.5 Å². The highest BCUT2D eigenvalue weighted by molar-refractivity contribution is 5.98. The molecule has 0 radical (unpaired) electrons. The Hall–Kier alpha value is -3.08. The second-order valence-corrected chi connectivity index (χ2v) is 6.42. The molecule has 0 saturated carbocycles. The second-order valence-electron chi connectivity index (χ2n) is 6.42. The molecular formula is C22H24N2O3. The number of hydrogen-bond donors (Lipinski definition) is 0. The average Bonchev–Trinajstić information content (AvgIpc) is 2.68. The van der Waals surface area contributed by atoms with E-state index in [0.717, 1.165) is 28.0 Å². The van der Waals surface area contributed by atoms with Crippen LogP contribution in [-0.2, 0) is 6.54 Å². The smallest absolute Gasteiger partial charge is 0.255 e. The lowest BCUT2D eigenvalue weighted by Crippen LogP contribution is -2.27. The average molecular weight is 364 g/mol. The van der Waals surface area contributed by atoms with E-state index in [1.807, 2.05) is 62.4 Å². The molecule has 0 aliphatic carbocycles. The quantitative estimate of drug-likeness (QED) is 0.657. The zero-order valence-electron chi connectivity index (χ0n) is 16.2. The minimum atomic E-state index is -0.0494. The lowest BCUT2D eigenvalue weighted by atomic mass is 10.1. The summed E-state index contributed by atoms with van der Waals surface area (Å²) in [4.78, 5) is 19.2. The number of rotatable bonds is 6. The minimum Gasteiger partial charge on any atom is -0.497 e. The number of aromatic nitrogens is 1. The summed E-state index contributed by atoms with van der Waals surface area (Å²) in [5.74, 6) is 1.54. The van der Waals surface area contributed by atoms with Gasteiger partial charge in [-0.05, 0) is 49.7 Å². The summed E-state index contributed by atoms with van der Waals surface area (Å²) in [6.45, 7) is 4.97. The van der Waals surface area contributed by atoms with Gasteiger partial charge in [0.15, 0.2) is 0 Å². The molecule has 0 saturated heterocycles. The van der Waals surface area contributed by atoms with Gasteiger partial charge in [0.05, 0.1) is 30.5 Å². The molecule has 0 aliphatic heterocycles. The van der Waals surface area contributed by atoms with Crippen molar-refractivity contribution in [2.24, 2.45) is 0 Å². The van der Waals surface area contributed by atoms with E-state index in [4.69, 9.17) is 9.47 Å². The van der Waals surface area contributed by atoms with Gasteiger partial charge in [-0.3, -0.25) is 9.78 Å². The van der Waals surface area contributed by atoms with E-state index < -0.39 is 0 Å². The third-order valence-electron chi connectivity index (χ3n) is 4.45. The highest BCUT2D eigenvalue weighted by atomic mass is 16.5. The summed E-state index contributed by atoms with van der Waals surface area (Å²) in [5.41, 5.74) is 3.18. The van der Waals surface area contributed by atoms with Crippen molar-refractivity contribution in [1.29, 1.82) is 0 Å². The molecule has 0 bridgehead atoms. The topological polar surface area (TPSA) is 51.7 Å². The van der Waals surface area contributed by atoms with Gasteiger partial charge in [-0.2, -0.15) is 0 Å². The molecule has 3 aromatic rings. The lowest BCUT2D eigenvalue weighted by Gasteiger charge is -2.19. The Kier molecular flexibility index (Phi) is 5.60. The van der Waals surface area contributed by atoms with Gasteiger partial charge >= 0.3 is 0 Å². The molecule has 1 aromatic heterocycles. The van der Waals surface area contributed by atoms with E-state index in [1.165, 1.54) is 0 Å². The number of hydrogen-bond acceptors (Lipinski definition) is 4. The fraction of sp³-hybridized carbons (Fsp3) is 0.273. The van der Waals surface area contributed by atoms with Crippen molar-refractivity contribution >= 4 is 16.8 Å². The second kappa shape index (κ2) is 8.08. The molecule has 0 fully saturated rings. The van der Waals surface area contributed by atoms with Crippen molar-refractivity contribution in [3.05, 3.63) is 65.4 Å². The Labute approximate surface area is 159 Å². The highest BCUT2D eigenvalue weighted by Gasteiger charge is 2.16. The lowest BCUT2D eigenvalue weighted by molar-refractivity contribution is 0.0784. The maximum absolute atomic E-state index is 12.9. The van der Waals surface area contributed by atoms with Crippen molar-refractivity contribution < 1.29 is 14.3 Å². The molecule has 140 valence electrons. The van der Waals surface area contributed by atoms with Crippen molar-refractivity contribution in [2.75, 3.05) is 20.8 Å². The molecule has 0 N–H and O–H groups in total. The van der Waals surface area contributed by atoms with Gasteiger partial charge in [0.25, 0.3) is 5.91 Å². The van der Waals surface area contributed by atoms with Crippen LogP contribution in [0, 0.1) is 6.92 Å². The summed E-state index contributed by atoms with van der Waals surface area (Å²) in [6, 6.07) is 15.4. The maximum Gasteiger partial charge on any atom is 0.255 e. The number of amides is 1.